The maximum Gasteiger partial charge on any atom is 0.215 e. The Labute approximate surface area is 84.7 Å². The molecule has 7 heteroatoms. The Balaban J connectivity index is 4.30. The fraction of sp³-hybridized carbons (Fsp3) is 1.00. The number of rotatable bonds is 8. The van der Waals surface area contributed by atoms with Gasteiger partial charge in [-0.3, -0.25) is 0 Å². The first-order chi connectivity index (χ1) is 6.58. The van der Waals surface area contributed by atoms with Crippen molar-refractivity contribution in [2.45, 2.75) is 0 Å². The van der Waals surface area contributed by atoms with Gasteiger partial charge in [0.1, 0.15) is 0 Å². The van der Waals surface area contributed by atoms with Crippen molar-refractivity contribution in [2.75, 3.05) is 45.7 Å². The highest BCUT2D eigenvalue weighted by atomic mass is 32.2. The zero-order chi connectivity index (χ0) is 11.0. The summed E-state index contributed by atoms with van der Waals surface area (Å²) < 4.78 is 29.0. The predicted molar refractivity (Wildman–Crippen MR) is 53.4 cm³/mol. The van der Waals surface area contributed by atoms with E-state index in [1.54, 1.807) is 0 Å². The van der Waals surface area contributed by atoms with E-state index in [0.717, 1.165) is 0 Å². The fourth-order valence-electron chi connectivity index (χ4n) is 0.973. The van der Waals surface area contributed by atoms with Gasteiger partial charge in [-0.1, -0.05) is 0 Å². The van der Waals surface area contributed by atoms with Crippen molar-refractivity contribution in [3.8, 4) is 0 Å². The highest BCUT2D eigenvalue weighted by Gasteiger charge is 2.19. The number of sulfonamides is 1. The summed E-state index contributed by atoms with van der Waals surface area (Å²) in [5, 5.41) is 8.69. The van der Waals surface area contributed by atoms with Gasteiger partial charge < -0.3 is 15.6 Å². The summed E-state index contributed by atoms with van der Waals surface area (Å²) in [7, 11) is -1.85. The Hall–Kier alpha value is -0.210. The van der Waals surface area contributed by atoms with E-state index >= 15 is 0 Å². The Morgan fingerprint density at radius 2 is 2.07 bits per heavy atom. The van der Waals surface area contributed by atoms with Crippen LogP contribution in [0.15, 0.2) is 0 Å². The molecule has 0 spiro atoms. The monoisotopic (exact) mass is 226 g/mol. The van der Waals surface area contributed by atoms with Crippen LogP contribution in [-0.2, 0) is 14.8 Å². The Morgan fingerprint density at radius 1 is 1.43 bits per heavy atom. The molecule has 0 heterocycles. The number of hydrogen-bond donors (Lipinski definition) is 2. The lowest BCUT2D eigenvalue weighted by Crippen LogP contribution is -2.39. The first kappa shape index (κ1) is 13.8. The second-order valence-corrected chi connectivity index (χ2v) is 4.81. The standard InChI is InChI=1S/C7H18N2O4S/c1-13-6-4-9(3-5-10)14(11,12)7-2-8/h10H,2-8H2,1H3. The molecular formula is C7H18N2O4S. The topological polar surface area (TPSA) is 92.9 Å². The van der Waals surface area contributed by atoms with Gasteiger partial charge in [-0.2, -0.15) is 4.31 Å². The third-order valence-electron chi connectivity index (χ3n) is 1.66. The molecular weight excluding hydrogens is 208 g/mol. The van der Waals surface area contributed by atoms with Crippen LogP contribution < -0.4 is 5.73 Å². The third kappa shape index (κ3) is 4.87. The molecule has 0 aliphatic heterocycles. The van der Waals surface area contributed by atoms with E-state index in [0.29, 0.717) is 6.61 Å². The van der Waals surface area contributed by atoms with Crippen molar-refractivity contribution in [2.24, 2.45) is 5.73 Å². The molecule has 6 nitrogen and oxygen atoms in total. The van der Waals surface area contributed by atoms with Gasteiger partial charge in [-0.15, -0.1) is 0 Å². The van der Waals surface area contributed by atoms with Gasteiger partial charge in [0.2, 0.25) is 10.0 Å². The van der Waals surface area contributed by atoms with E-state index in [4.69, 9.17) is 15.6 Å². The molecule has 0 saturated carbocycles. The Kier molecular flexibility index (Phi) is 7.02. The first-order valence-corrected chi connectivity index (χ1v) is 5.97. The molecule has 0 aromatic rings. The molecule has 0 aromatic carbocycles. The molecule has 0 saturated heterocycles. The summed E-state index contributed by atoms with van der Waals surface area (Å²) in [4.78, 5) is 0. The minimum Gasteiger partial charge on any atom is -0.395 e. The van der Waals surface area contributed by atoms with E-state index in [1.807, 2.05) is 0 Å². The molecule has 0 radical (unpaired) electrons. The first-order valence-electron chi connectivity index (χ1n) is 4.36. The molecule has 0 fully saturated rings. The summed E-state index contributed by atoms with van der Waals surface area (Å²) in [6.45, 7) is 0.527. The van der Waals surface area contributed by atoms with Gasteiger partial charge in [0, 0.05) is 26.7 Å². The molecule has 0 unspecified atom stereocenters. The number of aliphatic hydroxyl groups excluding tert-OH is 1. The zero-order valence-corrected chi connectivity index (χ0v) is 9.16. The van der Waals surface area contributed by atoms with Gasteiger partial charge in [0.25, 0.3) is 0 Å². The molecule has 0 rings (SSSR count). The smallest absolute Gasteiger partial charge is 0.215 e. The molecule has 0 aliphatic carbocycles. The summed E-state index contributed by atoms with van der Waals surface area (Å²) in [5.41, 5.74) is 5.18. The molecule has 0 amide bonds. The average molecular weight is 226 g/mol. The van der Waals surface area contributed by atoms with Gasteiger partial charge in [-0.05, 0) is 0 Å². The van der Waals surface area contributed by atoms with Crippen LogP contribution in [0.1, 0.15) is 0 Å². The van der Waals surface area contributed by atoms with E-state index in [2.05, 4.69) is 0 Å². The van der Waals surface area contributed by atoms with E-state index in [9.17, 15) is 8.42 Å². The molecule has 0 aromatic heterocycles. The second-order valence-electron chi connectivity index (χ2n) is 2.72. The van der Waals surface area contributed by atoms with Crippen molar-refractivity contribution in [3.05, 3.63) is 0 Å². The number of aliphatic hydroxyl groups is 1. The van der Waals surface area contributed by atoms with Crippen molar-refractivity contribution in [1.29, 1.82) is 0 Å². The molecule has 3 N–H and O–H groups in total. The Bertz CT molecular complexity index is 230. The van der Waals surface area contributed by atoms with Crippen LogP contribution in [0.25, 0.3) is 0 Å². The molecule has 0 bridgehead atoms. The lowest BCUT2D eigenvalue weighted by atomic mass is 10.6. The minimum atomic E-state index is -3.34. The van der Waals surface area contributed by atoms with Crippen LogP contribution in [0.5, 0.6) is 0 Å². The number of nitrogens with two attached hydrogens (primary N) is 1. The van der Waals surface area contributed by atoms with Crippen LogP contribution in [0.2, 0.25) is 0 Å². The summed E-state index contributed by atoms with van der Waals surface area (Å²) in [6, 6.07) is 0. The Morgan fingerprint density at radius 3 is 2.50 bits per heavy atom. The number of ether oxygens (including phenoxy) is 1. The largest absolute Gasteiger partial charge is 0.395 e. The molecule has 0 aliphatic rings. The SMILES string of the molecule is COCCN(CCO)S(=O)(=O)CCN. The van der Waals surface area contributed by atoms with E-state index in [1.165, 1.54) is 11.4 Å². The van der Waals surface area contributed by atoms with Gasteiger partial charge in [0.05, 0.1) is 19.0 Å². The normalized spacial score (nSPS) is 12.3. The van der Waals surface area contributed by atoms with Gasteiger partial charge in [0.15, 0.2) is 0 Å². The average Bonchev–Trinajstić information content (AvgIpc) is 2.11. The molecule has 0 atom stereocenters. The van der Waals surface area contributed by atoms with Crippen molar-refractivity contribution < 1.29 is 18.3 Å². The molecule has 86 valence electrons. The van der Waals surface area contributed by atoms with Crippen molar-refractivity contribution in [1.82, 2.24) is 4.31 Å². The predicted octanol–water partition coefficient (Wildman–Crippen LogP) is -1.78. The maximum absolute atomic E-state index is 11.5. The highest BCUT2D eigenvalue weighted by molar-refractivity contribution is 7.89. The second kappa shape index (κ2) is 7.13. The van der Waals surface area contributed by atoms with Crippen molar-refractivity contribution >= 4 is 10.0 Å². The van der Waals surface area contributed by atoms with Gasteiger partial charge in [-0.25, -0.2) is 8.42 Å². The number of methoxy groups -OCH3 is 1. The summed E-state index contributed by atoms with van der Waals surface area (Å²) >= 11 is 0. The van der Waals surface area contributed by atoms with Crippen LogP contribution in [0, 0.1) is 0 Å². The lowest BCUT2D eigenvalue weighted by molar-refractivity contribution is 0.168. The van der Waals surface area contributed by atoms with Crippen LogP contribution in [-0.4, -0.2) is 63.5 Å². The lowest BCUT2D eigenvalue weighted by Gasteiger charge is -2.20. The van der Waals surface area contributed by atoms with E-state index in [-0.39, 0.29) is 32.0 Å². The minimum absolute atomic E-state index is 0.0806. The van der Waals surface area contributed by atoms with Crippen LogP contribution in [0.3, 0.4) is 0 Å². The summed E-state index contributed by atoms with van der Waals surface area (Å²) in [5.74, 6) is -0.100. The zero-order valence-electron chi connectivity index (χ0n) is 8.35. The molecule has 14 heavy (non-hydrogen) atoms. The quantitative estimate of drug-likeness (QED) is 0.510. The van der Waals surface area contributed by atoms with Crippen LogP contribution in [0.4, 0.5) is 0 Å². The van der Waals surface area contributed by atoms with Crippen molar-refractivity contribution in [3.63, 3.8) is 0 Å². The third-order valence-corrected chi connectivity index (χ3v) is 3.57. The van der Waals surface area contributed by atoms with Gasteiger partial charge >= 0.3 is 0 Å². The summed E-state index contributed by atoms with van der Waals surface area (Å²) in [6.07, 6.45) is 0. The van der Waals surface area contributed by atoms with E-state index < -0.39 is 10.0 Å². The maximum atomic E-state index is 11.5. The number of hydrogen-bond acceptors (Lipinski definition) is 5. The number of nitrogens with zero attached hydrogens (tertiary/aromatic N) is 1. The highest BCUT2D eigenvalue weighted by Crippen LogP contribution is 2.00. The van der Waals surface area contributed by atoms with Crippen LogP contribution >= 0.6 is 0 Å². The fourth-order valence-corrected chi connectivity index (χ4v) is 2.24.